The van der Waals surface area contributed by atoms with Crippen molar-refractivity contribution in [1.29, 1.82) is 0 Å². The molecule has 2 rings (SSSR count). The van der Waals surface area contributed by atoms with E-state index in [2.05, 4.69) is 5.32 Å². The molecule has 0 bridgehead atoms. The lowest BCUT2D eigenvalue weighted by atomic mass is 9.88. The summed E-state index contributed by atoms with van der Waals surface area (Å²) in [5, 5.41) is 21.4. The predicted octanol–water partition coefficient (Wildman–Crippen LogP) is 1.33. The Morgan fingerprint density at radius 3 is 2.60 bits per heavy atom. The van der Waals surface area contributed by atoms with Crippen LogP contribution < -0.4 is 14.8 Å². The van der Waals surface area contributed by atoms with Gasteiger partial charge in [-0.3, -0.25) is 4.79 Å². The molecule has 0 spiro atoms. The van der Waals surface area contributed by atoms with E-state index < -0.39 is 23.4 Å². The van der Waals surface area contributed by atoms with Gasteiger partial charge < -0.3 is 25.0 Å². The van der Waals surface area contributed by atoms with Crippen molar-refractivity contribution in [3.05, 3.63) is 35.4 Å². The first-order chi connectivity index (χ1) is 11.7. The first-order valence-electron chi connectivity index (χ1n) is 7.27. The number of rotatable bonds is 5. The normalized spacial score (nSPS) is 19.1. The second-order valence-corrected chi connectivity index (χ2v) is 5.39. The number of aromatic hydroxyl groups is 1. The number of amides is 1. The van der Waals surface area contributed by atoms with Crippen molar-refractivity contribution in [2.24, 2.45) is 0 Å². The maximum Gasteiger partial charge on any atom is 0.341 e. The average Bonchev–Trinajstić information content (AvgIpc) is 2.78. The molecule has 0 aromatic heterocycles. The van der Waals surface area contributed by atoms with Gasteiger partial charge in [-0.2, -0.15) is 0 Å². The Morgan fingerprint density at radius 2 is 2.04 bits per heavy atom. The number of carbonyl (C=O) groups is 3. The summed E-state index contributed by atoms with van der Waals surface area (Å²) in [4.78, 5) is 34.9. The zero-order valence-electron chi connectivity index (χ0n) is 13.8. The fourth-order valence-corrected chi connectivity index (χ4v) is 2.58. The lowest BCUT2D eigenvalue weighted by Crippen LogP contribution is -2.48. The molecule has 1 atom stereocenters. The zero-order valence-corrected chi connectivity index (χ0v) is 13.8. The number of nitrogens with one attached hydrogen (secondary N) is 1. The minimum absolute atomic E-state index is 0.112. The summed E-state index contributed by atoms with van der Waals surface area (Å²) >= 11 is 0. The Labute approximate surface area is 143 Å². The highest BCUT2D eigenvalue weighted by molar-refractivity contribution is 6.00. The van der Waals surface area contributed by atoms with Crippen LogP contribution in [-0.2, 0) is 19.9 Å². The molecule has 3 N–H and O–H groups in total. The van der Waals surface area contributed by atoms with Crippen LogP contribution in [0.15, 0.2) is 24.3 Å². The van der Waals surface area contributed by atoms with Crippen molar-refractivity contribution in [2.45, 2.75) is 19.4 Å². The van der Waals surface area contributed by atoms with Crippen LogP contribution in [0.2, 0.25) is 0 Å². The third kappa shape index (κ3) is 3.18. The summed E-state index contributed by atoms with van der Waals surface area (Å²) in [7, 11) is 1.36. The highest BCUT2D eigenvalue weighted by Gasteiger charge is 2.49. The highest BCUT2D eigenvalue weighted by Crippen LogP contribution is 2.48. The van der Waals surface area contributed by atoms with Gasteiger partial charge in [0.15, 0.2) is 17.0 Å². The van der Waals surface area contributed by atoms with Crippen molar-refractivity contribution < 1.29 is 34.1 Å². The minimum atomic E-state index is -1.60. The van der Waals surface area contributed by atoms with Crippen molar-refractivity contribution in [2.75, 3.05) is 7.11 Å². The molecule has 1 amide bonds. The molecule has 132 valence electrons. The maximum atomic E-state index is 12.4. The Morgan fingerprint density at radius 1 is 1.36 bits per heavy atom. The molecule has 1 heterocycles. The molecule has 1 aliphatic heterocycles. The molecule has 1 aromatic carbocycles. The molecule has 0 saturated carbocycles. The van der Waals surface area contributed by atoms with Gasteiger partial charge in [-0.15, -0.1) is 0 Å². The number of fused-ring (bicyclic) bond motifs is 1. The number of phenolic OH excluding ortho intramolecular Hbond substituents is 1. The summed E-state index contributed by atoms with van der Waals surface area (Å²) < 4.78 is 10.3. The van der Waals surface area contributed by atoms with E-state index in [1.54, 1.807) is 19.1 Å². The van der Waals surface area contributed by atoms with E-state index in [9.17, 15) is 19.5 Å². The number of ether oxygens (including phenoxy) is 2. The van der Waals surface area contributed by atoms with Crippen LogP contribution in [0.1, 0.15) is 25.0 Å². The first-order valence-corrected chi connectivity index (χ1v) is 7.27. The van der Waals surface area contributed by atoms with Gasteiger partial charge in [-0.1, -0.05) is 12.2 Å². The predicted molar refractivity (Wildman–Crippen MR) is 87.3 cm³/mol. The Hall–Kier alpha value is -3.29. The average molecular weight is 347 g/mol. The molecule has 1 aromatic rings. The van der Waals surface area contributed by atoms with Crippen LogP contribution in [0, 0.1) is 0 Å². The highest BCUT2D eigenvalue weighted by atomic mass is 16.5. The Kier molecular flexibility index (Phi) is 4.82. The topological polar surface area (TPSA) is 122 Å². The fourth-order valence-electron chi connectivity index (χ4n) is 2.58. The summed E-state index contributed by atoms with van der Waals surface area (Å²) in [6.45, 7) is 3.13. The smallest absolute Gasteiger partial charge is 0.341 e. The number of phenols is 1. The molecule has 8 heteroatoms. The van der Waals surface area contributed by atoms with Crippen molar-refractivity contribution >= 4 is 23.9 Å². The second kappa shape index (κ2) is 6.68. The molecular formula is C17H17NO7. The largest absolute Gasteiger partial charge is 0.504 e. The van der Waals surface area contributed by atoms with Crippen molar-refractivity contribution in [3.63, 3.8) is 0 Å². The van der Waals surface area contributed by atoms with Crippen LogP contribution in [0.3, 0.4) is 0 Å². The van der Waals surface area contributed by atoms with E-state index in [4.69, 9.17) is 14.6 Å². The first kappa shape index (κ1) is 18.1. The van der Waals surface area contributed by atoms with Crippen molar-refractivity contribution in [1.82, 2.24) is 5.32 Å². The Bertz CT molecular complexity index is 810. The van der Waals surface area contributed by atoms with E-state index in [0.29, 0.717) is 6.08 Å². The van der Waals surface area contributed by atoms with Gasteiger partial charge in [0.2, 0.25) is 5.91 Å². The molecule has 0 radical (unpaired) electrons. The molecular weight excluding hydrogens is 330 g/mol. The molecule has 1 aliphatic rings. The molecule has 0 saturated heterocycles. The second-order valence-electron chi connectivity index (χ2n) is 5.39. The lowest BCUT2D eigenvalue weighted by Gasteiger charge is -2.23. The van der Waals surface area contributed by atoms with Crippen LogP contribution in [-0.4, -0.2) is 35.2 Å². The molecule has 8 nitrogen and oxygen atoms in total. The van der Waals surface area contributed by atoms with Crippen molar-refractivity contribution in [3.8, 4) is 17.2 Å². The monoisotopic (exact) mass is 347 g/mol. The number of methoxy groups -OCH3 is 1. The number of allylic oxidation sites excluding steroid dienone is 1. The zero-order chi connectivity index (χ0) is 18.8. The molecule has 0 fully saturated rings. The van der Waals surface area contributed by atoms with Gasteiger partial charge in [-0.05, 0) is 13.8 Å². The summed E-state index contributed by atoms with van der Waals surface area (Å²) in [6, 6.07) is 1.35. The number of esters is 1. The van der Waals surface area contributed by atoms with Gasteiger partial charge in [0.1, 0.15) is 5.75 Å². The van der Waals surface area contributed by atoms with Gasteiger partial charge in [-0.25, -0.2) is 9.59 Å². The standard InChI is InChI=1S/C17H17NO7/c1-4-5-9-14-10(8-11(24-3)15(9)22)25-16(23)17(14,2)18-12(19)6-7-13(20)21/h4-8,22H,1-3H3,(H,18,19)(H,20,21)/b5-4+,7-6+. The third-order valence-corrected chi connectivity index (χ3v) is 3.68. The lowest BCUT2D eigenvalue weighted by molar-refractivity contribution is -0.141. The number of carboxylic acids is 1. The third-order valence-electron chi connectivity index (χ3n) is 3.68. The van der Waals surface area contributed by atoms with Gasteiger partial charge in [0.05, 0.1) is 7.11 Å². The van der Waals surface area contributed by atoms with Gasteiger partial charge in [0, 0.05) is 29.3 Å². The van der Waals surface area contributed by atoms with Crippen LogP contribution in [0.5, 0.6) is 17.2 Å². The number of hydrogen-bond acceptors (Lipinski definition) is 6. The van der Waals surface area contributed by atoms with E-state index in [-0.39, 0.29) is 28.4 Å². The number of carboxylic acid groups (broad SMARTS) is 1. The fraction of sp³-hybridized carbons (Fsp3) is 0.235. The van der Waals surface area contributed by atoms with Crippen LogP contribution in [0.4, 0.5) is 0 Å². The SMILES string of the molecule is C/C=C/c1c(O)c(OC)cc2c1C(C)(NC(=O)/C=C/C(=O)O)C(=O)O2. The van der Waals surface area contributed by atoms with Gasteiger partial charge >= 0.3 is 11.9 Å². The minimum Gasteiger partial charge on any atom is -0.504 e. The number of carbonyl (C=O) groups excluding carboxylic acids is 2. The van der Waals surface area contributed by atoms with E-state index in [1.807, 2.05) is 0 Å². The molecule has 25 heavy (non-hydrogen) atoms. The van der Waals surface area contributed by atoms with E-state index in [1.165, 1.54) is 20.1 Å². The molecule has 1 unspecified atom stereocenters. The Balaban J connectivity index is 2.58. The number of benzene rings is 1. The van der Waals surface area contributed by atoms with Crippen LogP contribution in [0.25, 0.3) is 6.08 Å². The summed E-state index contributed by atoms with van der Waals surface area (Å²) in [6.07, 6.45) is 4.64. The quantitative estimate of drug-likeness (QED) is 0.417. The summed E-state index contributed by atoms with van der Waals surface area (Å²) in [5.41, 5.74) is -1.09. The summed E-state index contributed by atoms with van der Waals surface area (Å²) in [5.74, 6) is -2.82. The molecule has 0 aliphatic carbocycles. The van der Waals surface area contributed by atoms with Gasteiger partial charge in [0.25, 0.3) is 0 Å². The number of hydrogen-bond donors (Lipinski definition) is 3. The van der Waals surface area contributed by atoms with E-state index in [0.717, 1.165) is 6.08 Å². The number of aliphatic carboxylic acids is 1. The van der Waals surface area contributed by atoms with Crippen LogP contribution >= 0.6 is 0 Å². The maximum absolute atomic E-state index is 12.4. The van der Waals surface area contributed by atoms with E-state index >= 15 is 0 Å².